The van der Waals surface area contributed by atoms with Gasteiger partial charge in [0.25, 0.3) is 0 Å². The highest BCUT2D eigenvalue weighted by molar-refractivity contribution is 6.07. The number of nitrogens with zero attached hydrogens (tertiary/aromatic N) is 1. The van der Waals surface area contributed by atoms with E-state index in [1.54, 1.807) is 24.3 Å². The first-order valence-electron chi connectivity index (χ1n) is 7.64. The molecule has 5 nitrogen and oxygen atoms in total. The van der Waals surface area contributed by atoms with Crippen molar-refractivity contribution in [2.24, 2.45) is 11.8 Å². The monoisotopic (exact) mass is 308 g/mol. The van der Waals surface area contributed by atoms with Crippen LogP contribution in [0.3, 0.4) is 0 Å². The molecular formula is C18H16N2O3. The van der Waals surface area contributed by atoms with Gasteiger partial charge in [0.15, 0.2) is 0 Å². The van der Waals surface area contributed by atoms with Crippen LogP contribution in [-0.2, 0) is 16.0 Å². The minimum absolute atomic E-state index is 0.122. The lowest BCUT2D eigenvalue weighted by molar-refractivity contribution is -0.139. The maximum absolute atomic E-state index is 12.4. The molecule has 2 N–H and O–H groups in total. The van der Waals surface area contributed by atoms with Crippen LogP contribution >= 0.6 is 0 Å². The predicted molar refractivity (Wildman–Crippen MR) is 85.6 cm³/mol. The second kappa shape index (κ2) is 5.12. The molecule has 5 heteroatoms. The number of carbonyl (C=O) groups is 2. The van der Waals surface area contributed by atoms with Gasteiger partial charge in [-0.15, -0.1) is 0 Å². The summed E-state index contributed by atoms with van der Waals surface area (Å²) >= 11 is 0. The van der Waals surface area contributed by atoms with Crippen molar-refractivity contribution in [1.29, 1.82) is 0 Å². The fraction of sp³-hybridized carbons (Fsp3) is 0.222. The number of carbonyl (C=O) groups excluding carboxylic acids is 2. The van der Waals surface area contributed by atoms with E-state index < -0.39 is 0 Å². The number of nitrogens with one attached hydrogen (secondary N) is 1. The van der Waals surface area contributed by atoms with Gasteiger partial charge in [0.1, 0.15) is 5.75 Å². The highest BCUT2D eigenvalue weighted by Crippen LogP contribution is 2.31. The Morgan fingerprint density at radius 1 is 1.09 bits per heavy atom. The number of phenolic OH excluding ortho intramolecular Hbond substituents is 1. The van der Waals surface area contributed by atoms with Crippen LogP contribution in [0.4, 0.5) is 0 Å². The lowest BCUT2D eigenvalue weighted by atomic mass is 9.91. The summed E-state index contributed by atoms with van der Waals surface area (Å²) < 4.78 is 0. The third kappa shape index (κ3) is 2.16. The molecule has 0 spiro atoms. The fourth-order valence-electron chi connectivity index (χ4n) is 3.37. The van der Waals surface area contributed by atoms with Crippen LogP contribution in [0, 0.1) is 11.8 Å². The average Bonchev–Trinajstić information content (AvgIpc) is 3.06. The first-order valence-corrected chi connectivity index (χ1v) is 7.64. The van der Waals surface area contributed by atoms with Gasteiger partial charge in [0, 0.05) is 23.6 Å². The summed E-state index contributed by atoms with van der Waals surface area (Å²) in [5.41, 5.74) is 1.91. The zero-order valence-electron chi connectivity index (χ0n) is 12.4. The normalized spacial score (nSPS) is 23.0. The van der Waals surface area contributed by atoms with Gasteiger partial charge in [-0.25, -0.2) is 0 Å². The molecule has 0 bridgehead atoms. The van der Waals surface area contributed by atoms with Crippen molar-refractivity contribution < 1.29 is 14.7 Å². The van der Waals surface area contributed by atoms with E-state index in [-0.39, 0.29) is 29.4 Å². The van der Waals surface area contributed by atoms with Gasteiger partial charge in [-0.2, -0.15) is 0 Å². The molecule has 1 fully saturated rings. The molecule has 23 heavy (non-hydrogen) atoms. The van der Waals surface area contributed by atoms with E-state index in [0.717, 1.165) is 16.5 Å². The average molecular weight is 308 g/mol. The SMILES string of the molecule is O=C1[C@@H]2C=CC=C[C@H]2C(=O)N1CCc1c[nH]c2ccc(O)cc12. The second-order valence-electron chi connectivity index (χ2n) is 5.94. The molecule has 2 aliphatic rings. The molecule has 2 amide bonds. The maximum Gasteiger partial charge on any atom is 0.237 e. The summed E-state index contributed by atoms with van der Waals surface area (Å²) in [6, 6.07) is 5.13. The van der Waals surface area contributed by atoms with Crippen LogP contribution < -0.4 is 0 Å². The van der Waals surface area contributed by atoms with Gasteiger partial charge in [0.05, 0.1) is 11.8 Å². The van der Waals surface area contributed by atoms with E-state index >= 15 is 0 Å². The zero-order chi connectivity index (χ0) is 16.0. The van der Waals surface area contributed by atoms with Crippen molar-refractivity contribution in [2.75, 3.05) is 6.54 Å². The number of hydrogen-bond acceptors (Lipinski definition) is 3. The lowest BCUT2D eigenvalue weighted by Gasteiger charge is -2.13. The predicted octanol–water partition coefficient (Wildman–Crippen LogP) is 2.14. The summed E-state index contributed by atoms with van der Waals surface area (Å²) in [6.45, 7) is 0.356. The van der Waals surface area contributed by atoms with Crippen LogP contribution in [-0.4, -0.2) is 33.3 Å². The number of H-pyrrole nitrogens is 1. The van der Waals surface area contributed by atoms with Crippen molar-refractivity contribution in [3.63, 3.8) is 0 Å². The molecule has 2 aromatic rings. The summed E-state index contributed by atoms with van der Waals surface area (Å²) in [5, 5.41) is 10.5. The van der Waals surface area contributed by atoms with E-state index in [2.05, 4.69) is 4.98 Å². The number of aromatic hydroxyl groups is 1. The van der Waals surface area contributed by atoms with Crippen LogP contribution in [0.15, 0.2) is 48.7 Å². The van der Waals surface area contributed by atoms with Crippen molar-refractivity contribution in [3.05, 3.63) is 54.3 Å². The quantitative estimate of drug-likeness (QED) is 0.853. The first-order chi connectivity index (χ1) is 11.1. The Kier molecular flexibility index (Phi) is 3.08. The number of aromatic amines is 1. The number of fused-ring (bicyclic) bond motifs is 2. The second-order valence-corrected chi connectivity index (χ2v) is 5.94. The molecule has 1 aromatic heterocycles. The minimum atomic E-state index is -0.348. The van der Waals surface area contributed by atoms with Crippen LogP contribution in [0.5, 0.6) is 5.75 Å². The molecule has 1 aliphatic carbocycles. The molecule has 0 unspecified atom stereocenters. The third-order valence-electron chi connectivity index (χ3n) is 4.59. The van der Waals surface area contributed by atoms with Gasteiger partial charge in [-0.1, -0.05) is 24.3 Å². The molecule has 1 aromatic carbocycles. The Morgan fingerprint density at radius 3 is 2.48 bits per heavy atom. The molecule has 0 saturated carbocycles. The number of allylic oxidation sites excluding steroid dienone is 2. The number of phenols is 1. The Hall–Kier alpha value is -2.82. The molecule has 2 heterocycles. The van der Waals surface area contributed by atoms with Gasteiger partial charge >= 0.3 is 0 Å². The summed E-state index contributed by atoms with van der Waals surface area (Å²) in [7, 11) is 0. The molecule has 4 rings (SSSR count). The van der Waals surface area contributed by atoms with E-state index in [1.807, 2.05) is 24.4 Å². The number of amides is 2. The Labute approximate surface area is 132 Å². The fourth-order valence-corrected chi connectivity index (χ4v) is 3.37. The standard InChI is InChI=1S/C18H16N2O3/c21-12-5-6-16-15(9-12)11(10-19-16)7-8-20-17(22)13-3-1-2-4-14(13)18(20)23/h1-6,9-10,13-14,19,21H,7-8H2/t13-,14-/m1/s1. The van der Waals surface area contributed by atoms with Gasteiger partial charge in [-0.05, 0) is 30.2 Å². The zero-order valence-corrected chi connectivity index (χ0v) is 12.4. The number of likely N-dealkylation sites (tertiary alicyclic amines) is 1. The number of benzene rings is 1. The van der Waals surface area contributed by atoms with Crippen molar-refractivity contribution in [3.8, 4) is 5.75 Å². The molecule has 116 valence electrons. The third-order valence-corrected chi connectivity index (χ3v) is 4.59. The van der Waals surface area contributed by atoms with Crippen molar-refractivity contribution in [2.45, 2.75) is 6.42 Å². The number of imide groups is 1. The topological polar surface area (TPSA) is 73.4 Å². The van der Waals surface area contributed by atoms with E-state index in [9.17, 15) is 14.7 Å². The highest BCUT2D eigenvalue weighted by atomic mass is 16.3. The Bertz CT molecular complexity index is 832. The van der Waals surface area contributed by atoms with Gasteiger partial charge in [-0.3, -0.25) is 14.5 Å². The molecule has 2 atom stereocenters. The van der Waals surface area contributed by atoms with Crippen molar-refractivity contribution >= 4 is 22.7 Å². The molecule has 1 aliphatic heterocycles. The Morgan fingerprint density at radius 2 is 1.78 bits per heavy atom. The minimum Gasteiger partial charge on any atom is -0.508 e. The van der Waals surface area contributed by atoms with Gasteiger partial charge < -0.3 is 10.1 Å². The van der Waals surface area contributed by atoms with Gasteiger partial charge in [0.2, 0.25) is 11.8 Å². The Balaban J connectivity index is 1.55. The first kappa shape index (κ1) is 13.8. The molecular weight excluding hydrogens is 292 g/mol. The summed E-state index contributed by atoms with van der Waals surface area (Å²) in [5.74, 6) is -0.737. The maximum atomic E-state index is 12.4. The largest absolute Gasteiger partial charge is 0.508 e. The number of rotatable bonds is 3. The lowest BCUT2D eigenvalue weighted by Crippen LogP contribution is -2.32. The van der Waals surface area contributed by atoms with Crippen LogP contribution in [0.1, 0.15) is 5.56 Å². The summed E-state index contributed by atoms with van der Waals surface area (Å²) in [6.07, 6.45) is 9.66. The number of aromatic nitrogens is 1. The van der Waals surface area contributed by atoms with E-state index in [1.165, 1.54) is 4.90 Å². The molecule has 0 radical (unpaired) electrons. The molecule has 1 saturated heterocycles. The van der Waals surface area contributed by atoms with Crippen LogP contribution in [0.2, 0.25) is 0 Å². The van der Waals surface area contributed by atoms with Crippen LogP contribution in [0.25, 0.3) is 10.9 Å². The smallest absolute Gasteiger partial charge is 0.237 e. The van der Waals surface area contributed by atoms with E-state index in [4.69, 9.17) is 0 Å². The highest BCUT2D eigenvalue weighted by Gasteiger charge is 2.45. The van der Waals surface area contributed by atoms with E-state index in [0.29, 0.717) is 13.0 Å². The summed E-state index contributed by atoms with van der Waals surface area (Å²) in [4.78, 5) is 29.3. The number of hydrogen-bond donors (Lipinski definition) is 2. The van der Waals surface area contributed by atoms with Crippen molar-refractivity contribution in [1.82, 2.24) is 9.88 Å².